The van der Waals surface area contributed by atoms with E-state index in [0.717, 1.165) is 11.3 Å². The molecule has 1 rings (SSSR count). The summed E-state index contributed by atoms with van der Waals surface area (Å²) in [5, 5.41) is 2.74. The van der Waals surface area contributed by atoms with Gasteiger partial charge in [0.25, 0.3) is 0 Å². The number of carbonyl (C=O) groups excluding carboxylic acids is 1. The molecule has 0 saturated carbocycles. The minimum Gasteiger partial charge on any atom is -0.336 e. The molecule has 22 heavy (non-hydrogen) atoms. The van der Waals surface area contributed by atoms with Gasteiger partial charge in [0.05, 0.1) is 12.3 Å². The van der Waals surface area contributed by atoms with E-state index in [1.807, 2.05) is 38.1 Å². The Morgan fingerprint density at radius 3 is 2.50 bits per heavy atom. The molecule has 0 spiro atoms. The molecule has 0 aliphatic carbocycles. The van der Waals surface area contributed by atoms with Crippen molar-refractivity contribution < 1.29 is 9.63 Å². The van der Waals surface area contributed by atoms with Gasteiger partial charge >= 0.3 is 6.03 Å². The molecule has 0 aromatic heterocycles. The zero-order valence-electron chi connectivity index (χ0n) is 12.9. The predicted octanol–water partition coefficient (Wildman–Crippen LogP) is -0.303. The van der Waals surface area contributed by atoms with E-state index >= 15 is 0 Å². The quantitative estimate of drug-likeness (QED) is 0.245. The van der Waals surface area contributed by atoms with Gasteiger partial charge in [0.1, 0.15) is 0 Å². The van der Waals surface area contributed by atoms with Crippen LogP contribution in [0, 0.1) is 5.41 Å². The summed E-state index contributed by atoms with van der Waals surface area (Å²) in [7, 11) is 0. The Labute approximate surface area is 130 Å². The summed E-state index contributed by atoms with van der Waals surface area (Å²) in [4.78, 5) is 16.2. The lowest BCUT2D eigenvalue weighted by atomic mass is 9.94. The molecule has 0 unspecified atom stereocenters. The number of rotatable bonds is 9. The van der Waals surface area contributed by atoms with E-state index in [2.05, 4.69) is 32.0 Å². The number of benzene rings is 1. The van der Waals surface area contributed by atoms with Crippen molar-refractivity contribution in [2.24, 2.45) is 17.2 Å². The SMILES string of the molecule is CC(C)(CNN)CNC(=O)NNNc1ccc(CON)cc1. The van der Waals surface area contributed by atoms with Crippen molar-refractivity contribution in [1.29, 1.82) is 0 Å². The third-order valence-electron chi connectivity index (χ3n) is 2.89. The Morgan fingerprint density at radius 1 is 1.23 bits per heavy atom. The van der Waals surface area contributed by atoms with Crippen LogP contribution in [0.2, 0.25) is 0 Å². The zero-order valence-corrected chi connectivity index (χ0v) is 12.9. The van der Waals surface area contributed by atoms with Crippen molar-refractivity contribution in [2.75, 3.05) is 18.5 Å². The molecule has 1 aromatic rings. The first-order valence-electron chi connectivity index (χ1n) is 6.86. The molecule has 0 aliphatic rings. The van der Waals surface area contributed by atoms with Gasteiger partial charge < -0.3 is 10.7 Å². The second-order valence-corrected chi connectivity index (χ2v) is 5.61. The van der Waals surface area contributed by atoms with Crippen LogP contribution in [0.5, 0.6) is 0 Å². The zero-order chi connectivity index (χ0) is 16.4. The van der Waals surface area contributed by atoms with Crippen LogP contribution in [0.3, 0.4) is 0 Å². The molecule has 9 heteroatoms. The van der Waals surface area contributed by atoms with Gasteiger partial charge in [-0.25, -0.2) is 10.7 Å². The van der Waals surface area contributed by atoms with Crippen LogP contribution < -0.4 is 38.9 Å². The highest BCUT2D eigenvalue weighted by molar-refractivity contribution is 5.73. The van der Waals surface area contributed by atoms with Gasteiger partial charge in [-0.3, -0.25) is 21.5 Å². The number of carbonyl (C=O) groups is 1. The Balaban J connectivity index is 2.24. The highest BCUT2D eigenvalue weighted by Crippen LogP contribution is 2.10. The van der Waals surface area contributed by atoms with E-state index in [9.17, 15) is 4.79 Å². The van der Waals surface area contributed by atoms with E-state index in [1.165, 1.54) is 0 Å². The second kappa shape index (κ2) is 9.18. The fourth-order valence-electron chi connectivity index (χ4n) is 1.64. The number of hydrogen-bond acceptors (Lipinski definition) is 7. The predicted molar refractivity (Wildman–Crippen MR) is 84.7 cm³/mol. The summed E-state index contributed by atoms with van der Waals surface area (Å²) >= 11 is 0. The lowest BCUT2D eigenvalue weighted by Crippen LogP contribution is -2.50. The summed E-state index contributed by atoms with van der Waals surface area (Å²) in [6.45, 7) is 5.41. The van der Waals surface area contributed by atoms with Crippen LogP contribution in [0.1, 0.15) is 19.4 Å². The van der Waals surface area contributed by atoms with Crippen molar-refractivity contribution in [2.45, 2.75) is 20.5 Å². The molecule has 0 atom stereocenters. The summed E-state index contributed by atoms with van der Waals surface area (Å²) in [5.41, 5.74) is 12.1. The lowest BCUT2D eigenvalue weighted by molar-refractivity contribution is 0.124. The van der Waals surface area contributed by atoms with Crippen molar-refractivity contribution in [1.82, 2.24) is 21.7 Å². The highest BCUT2D eigenvalue weighted by atomic mass is 16.6. The third kappa shape index (κ3) is 7.20. The molecule has 9 N–H and O–H groups in total. The van der Waals surface area contributed by atoms with Gasteiger partial charge in [0, 0.05) is 13.1 Å². The van der Waals surface area contributed by atoms with Gasteiger partial charge in [-0.2, -0.15) is 0 Å². The molecule has 1 aromatic carbocycles. The van der Waals surface area contributed by atoms with Gasteiger partial charge in [-0.15, -0.1) is 5.53 Å². The topological polar surface area (TPSA) is 138 Å². The maximum absolute atomic E-state index is 11.6. The molecule has 0 aliphatic heterocycles. The molecule has 0 heterocycles. The summed E-state index contributed by atoms with van der Waals surface area (Å²) in [6, 6.07) is 7.04. The first-order valence-corrected chi connectivity index (χ1v) is 6.86. The summed E-state index contributed by atoms with van der Waals surface area (Å²) in [6.07, 6.45) is 0. The third-order valence-corrected chi connectivity index (χ3v) is 2.89. The Bertz CT molecular complexity index is 450. The van der Waals surface area contributed by atoms with Crippen molar-refractivity contribution in [3.05, 3.63) is 29.8 Å². The van der Waals surface area contributed by atoms with E-state index in [1.54, 1.807) is 0 Å². The molecule has 0 fully saturated rings. The average molecular weight is 311 g/mol. The van der Waals surface area contributed by atoms with E-state index < -0.39 is 0 Å². The minimum absolute atomic E-state index is 0.138. The molecule has 0 radical (unpaired) electrons. The average Bonchev–Trinajstić information content (AvgIpc) is 2.47. The lowest BCUT2D eigenvalue weighted by Gasteiger charge is -2.24. The van der Waals surface area contributed by atoms with Crippen LogP contribution in [0.15, 0.2) is 24.3 Å². The molecule has 9 nitrogen and oxygen atoms in total. The summed E-state index contributed by atoms with van der Waals surface area (Å²) < 4.78 is 0. The number of hydrazine groups is 3. The Morgan fingerprint density at radius 2 is 1.91 bits per heavy atom. The standard InChI is InChI=1S/C13H25N7O2/c1-13(2,9-17-14)8-16-12(21)19-20-18-11-5-3-10(4-6-11)7-22-15/h3-6,17-18,20H,7-9,14-15H2,1-2H3,(H2,16,19,21). The van der Waals surface area contributed by atoms with Crippen molar-refractivity contribution in [3.8, 4) is 0 Å². The number of nitrogens with one attached hydrogen (secondary N) is 5. The fraction of sp³-hybridized carbons (Fsp3) is 0.462. The molecule has 2 amide bonds. The van der Waals surface area contributed by atoms with E-state index in [-0.39, 0.29) is 11.4 Å². The highest BCUT2D eigenvalue weighted by Gasteiger charge is 2.17. The maximum Gasteiger partial charge on any atom is 0.330 e. The Kier molecular flexibility index (Phi) is 7.57. The van der Waals surface area contributed by atoms with Gasteiger partial charge in [0.15, 0.2) is 0 Å². The molecule has 0 saturated heterocycles. The number of urea groups is 1. The fourth-order valence-corrected chi connectivity index (χ4v) is 1.64. The first kappa shape index (κ1) is 18.1. The molecule has 0 bridgehead atoms. The first-order chi connectivity index (χ1) is 10.5. The molecular weight excluding hydrogens is 286 g/mol. The van der Waals surface area contributed by atoms with Crippen LogP contribution in [0.25, 0.3) is 0 Å². The normalized spacial score (nSPS) is 11.1. The van der Waals surface area contributed by atoms with E-state index in [0.29, 0.717) is 19.7 Å². The monoisotopic (exact) mass is 311 g/mol. The summed E-state index contributed by atoms with van der Waals surface area (Å²) in [5.74, 6) is 10.3. The Hall–Kier alpha value is -1.91. The molecular formula is C13H25N7O2. The van der Waals surface area contributed by atoms with Crippen molar-refractivity contribution in [3.63, 3.8) is 0 Å². The maximum atomic E-state index is 11.6. The number of anilines is 1. The van der Waals surface area contributed by atoms with E-state index in [4.69, 9.17) is 11.7 Å². The van der Waals surface area contributed by atoms with Crippen LogP contribution in [0.4, 0.5) is 10.5 Å². The van der Waals surface area contributed by atoms with Gasteiger partial charge in [-0.05, 0) is 23.1 Å². The number of nitrogens with two attached hydrogens (primary N) is 2. The van der Waals surface area contributed by atoms with Crippen LogP contribution >= 0.6 is 0 Å². The van der Waals surface area contributed by atoms with Crippen LogP contribution in [-0.4, -0.2) is 19.1 Å². The molecule has 124 valence electrons. The van der Waals surface area contributed by atoms with Crippen LogP contribution in [-0.2, 0) is 11.4 Å². The number of amides is 2. The smallest absolute Gasteiger partial charge is 0.330 e. The number of hydrogen-bond donors (Lipinski definition) is 7. The largest absolute Gasteiger partial charge is 0.336 e. The second-order valence-electron chi connectivity index (χ2n) is 5.61. The van der Waals surface area contributed by atoms with Crippen molar-refractivity contribution >= 4 is 11.7 Å². The minimum atomic E-state index is -0.342. The van der Waals surface area contributed by atoms with Gasteiger partial charge in [0.2, 0.25) is 0 Å². The van der Waals surface area contributed by atoms with Gasteiger partial charge in [-0.1, -0.05) is 26.0 Å².